The molecule has 0 amide bonds. The largest absolute Gasteiger partial charge is 0.461 e. The summed E-state index contributed by atoms with van der Waals surface area (Å²) in [5, 5.41) is 0.787. The average molecular weight is 333 g/mol. The van der Waals surface area contributed by atoms with Crippen molar-refractivity contribution in [1.29, 1.82) is 0 Å². The highest BCUT2D eigenvalue weighted by atomic mass is 19.4. The lowest BCUT2D eigenvalue weighted by Gasteiger charge is -2.08. The second-order valence-corrected chi connectivity index (χ2v) is 5.25. The minimum absolute atomic E-state index is 0.264. The summed E-state index contributed by atoms with van der Waals surface area (Å²) in [5.74, 6) is -0.466. The van der Waals surface area contributed by atoms with Gasteiger partial charge in [0.2, 0.25) is 0 Å². The highest BCUT2D eigenvalue weighted by Gasteiger charge is 2.30. The summed E-state index contributed by atoms with van der Waals surface area (Å²) in [5.41, 5.74) is 1.64. The van der Waals surface area contributed by atoms with Crippen LogP contribution in [0.25, 0.3) is 22.0 Å². The van der Waals surface area contributed by atoms with Crippen LogP contribution in [0.2, 0.25) is 0 Å². The van der Waals surface area contributed by atoms with Crippen LogP contribution in [-0.2, 0) is 10.9 Å². The van der Waals surface area contributed by atoms with E-state index in [1.807, 2.05) is 6.07 Å². The Morgan fingerprint density at radius 1 is 1.12 bits per heavy atom. The number of nitrogens with one attached hydrogen (secondary N) is 1. The molecular formula is C18H14F3NO2. The van der Waals surface area contributed by atoms with Gasteiger partial charge in [-0.1, -0.05) is 30.3 Å². The lowest BCUT2D eigenvalue weighted by molar-refractivity contribution is -0.137. The Morgan fingerprint density at radius 3 is 2.46 bits per heavy atom. The molecule has 0 fully saturated rings. The first kappa shape index (κ1) is 16.1. The molecule has 0 unspecified atom stereocenters. The quantitative estimate of drug-likeness (QED) is 0.683. The minimum Gasteiger partial charge on any atom is -0.461 e. The van der Waals surface area contributed by atoms with Gasteiger partial charge < -0.3 is 9.72 Å². The molecule has 3 aromatic rings. The molecule has 1 N–H and O–H groups in total. The molecule has 0 saturated carbocycles. The van der Waals surface area contributed by atoms with Crippen LogP contribution in [0.5, 0.6) is 0 Å². The van der Waals surface area contributed by atoms with E-state index in [2.05, 4.69) is 4.98 Å². The van der Waals surface area contributed by atoms with E-state index >= 15 is 0 Å². The van der Waals surface area contributed by atoms with Crippen molar-refractivity contribution >= 4 is 16.9 Å². The first-order valence-electron chi connectivity index (χ1n) is 7.36. The second kappa shape index (κ2) is 6.03. The molecule has 0 bridgehead atoms. The van der Waals surface area contributed by atoms with Gasteiger partial charge in [0, 0.05) is 10.9 Å². The topological polar surface area (TPSA) is 42.1 Å². The van der Waals surface area contributed by atoms with Crippen molar-refractivity contribution in [3.8, 4) is 11.1 Å². The number of carbonyl (C=O) groups excluding carboxylic acids is 1. The highest BCUT2D eigenvalue weighted by molar-refractivity contribution is 6.00. The Bertz CT molecular complexity index is 879. The maximum Gasteiger partial charge on any atom is 0.416 e. The van der Waals surface area contributed by atoms with E-state index in [9.17, 15) is 18.0 Å². The van der Waals surface area contributed by atoms with E-state index in [4.69, 9.17) is 4.74 Å². The van der Waals surface area contributed by atoms with Crippen LogP contribution in [-0.4, -0.2) is 17.6 Å². The van der Waals surface area contributed by atoms with Gasteiger partial charge in [0.25, 0.3) is 0 Å². The summed E-state index contributed by atoms with van der Waals surface area (Å²) in [4.78, 5) is 14.8. The van der Waals surface area contributed by atoms with Crippen LogP contribution in [0.4, 0.5) is 13.2 Å². The summed E-state index contributed by atoms with van der Waals surface area (Å²) < 4.78 is 43.0. The molecule has 0 saturated heterocycles. The molecule has 1 aromatic heterocycles. The Balaban J connectivity index is 2.05. The molecule has 0 radical (unpaired) electrons. The van der Waals surface area contributed by atoms with E-state index in [0.717, 1.165) is 23.1 Å². The number of rotatable bonds is 3. The summed E-state index contributed by atoms with van der Waals surface area (Å²) in [6.45, 7) is 1.98. The zero-order chi connectivity index (χ0) is 17.3. The number of fused-ring (bicyclic) bond motifs is 1. The van der Waals surface area contributed by atoms with Crippen molar-refractivity contribution in [2.24, 2.45) is 0 Å². The van der Waals surface area contributed by atoms with Gasteiger partial charge in [-0.25, -0.2) is 4.79 Å². The Kier molecular flexibility index (Phi) is 4.05. The molecule has 0 atom stereocenters. The summed E-state index contributed by atoms with van der Waals surface area (Å²) in [6.07, 6.45) is -4.37. The van der Waals surface area contributed by atoms with E-state index in [1.165, 1.54) is 12.1 Å². The number of hydrogen-bond donors (Lipinski definition) is 1. The molecule has 0 spiro atoms. The van der Waals surface area contributed by atoms with Gasteiger partial charge >= 0.3 is 12.1 Å². The van der Waals surface area contributed by atoms with Gasteiger partial charge in [-0.05, 0) is 30.7 Å². The number of benzene rings is 2. The van der Waals surface area contributed by atoms with Gasteiger partial charge in [0.05, 0.1) is 17.7 Å². The van der Waals surface area contributed by atoms with Gasteiger partial charge in [-0.3, -0.25) is 0 Å². The fourth-order valence-corrected chi connectivity index (χ4v) is 2.55. The zero-order valence-corrected chi connectivity index (χ0v) is 12.8. The molecule has 1 heterocycles. The monoisotopic (exact) mass is 333 g/mol. The number of hydrogen-bond acceptors (Lipinski definition) is 2. The fraction of sp³-hybridized carbons (Fsp3) is 0.167. The first-order chi connectivity index (χ1) is 11.4. The van der Waals surface area contributed by atoms with Gasteiger partial charge in [-0.15, -0.1) is 0 Å². The molecule has 3 rings (SSSR count). The van der Waals surface area contributed by atoms with Crippen molar-refractivity contribution in [3.63, 3.8) is 0 Å². The van der Waals surface area contributed by atoms with E-state index in [1.54, 1.807) is 25.1 Å². The van der Waals surface area contributed by atoms with E-state index in [-0.39, 0.29) is 6.61 Å². The summed E-state index contributed by atoms with van der Waals surface area (Å²) in [6, 6.07) is 12.0. The molecule has 0 aliphatic heterocycles. The highest BCUT2D eigenvalue weighted by Crippen LogP contribution is 2.33. The summed E-state index contributed by atoms with van der Waals surface area (Å²) in [7, 11) is 0. The van der Waals surface area contributed by atoms with E-state index in [0.29, 0.717) is 16.8 Å². The van der Waals surface area contributed by atoms with Crippen molar-refractivity contribution in [2.75, 3.05) is 6.61 Å². The number of halogens is 3. The lowest BCUT2D eigenvalue weighted by atomic mass is 10.0. The number of aromatic nitrogens is 1. The van der Waals surface area contributed by atoms with Crippen LogP contribution < -0.4 is 0 Å². The van der Waals surface area contributed by atoms with Gasteiger partial charge in [0.15, 0.2) is 0 Å². The zero-order valence-electron chi connectivity index (χ0n) is 12.8. The maximum atomic E-state index is 12.7. The predicted molar refractivity (Wildman–Crippen MR) is 84.7 cm³/mol. The Labute approximate surface area is 136 Å². The van der Waals surface area contributed by atoms with Crippen LogP contribution in [0.1, 0.15) is 23.0 Å². The van der Waals surface area contributed by atoms with Crippen LogP contribution >= 0.6 is 0 Å². The summed E-state index contributed by atoms with van der Waals surface area (Å²) >= 11 is 0. The normalized spacial score (nSPS) is 11.7. The molecule has 24 heavy (non-hydrogen) atoms. The van der Waals surface area contributed by atoms with Gasteiger partial charge in [0.1, 0.15) is 5.69 Å². The third kappa shape index (κ3) is 2.99. The van der Waals surface area contributed by atoms with Crippen molar-refractivity contribution < 1.29 is 22.7 Å². The van der Waals surface area contributed by atoms with Crippen LogP contribution in [0.3, 0.4) is 0 Å². The molecule has 6 heteroatoms. The number of alkyl halides is 3. The molecule has 0 aliphatic carbocycles. The molecule has 3 nitrogen and oxygen atoms in total. The maximum absolute atomic E-state index is 12.7. The van der Waals surface area contributed by atoms with Crippen LogP contribution in [0, 0.1) is 0 Å². The van der Waals surface area contributed by atoms with Gasteiger partial charge in [-0.2, -0.15) is 13.2 Å². The fourth-order valence-electron chi connectivity index (χ4n) is 2.55. The van der Waals surface area contributed by atoms with Crippen LogP contribution in [0.15, 0.2) is 48.5 Å². The van der Waals surface area contributed by atoms with Crippen molar-refractivity contribution in [2.45, 2.75) is 13.1 Å². The number of carbonyl (C=O) groups is 1. The standard InChI is InChI=1S/C18H14F3NO2/c1-2-24-17(23)15-10-12-4-3-5-14(16(12)22-15)11-6-8-13(9-7-11)18(19,20)21/h3-10,22H,2H2,1H3. The molecule has 2 aromatic carbocycles. The average Bonchev–Trinajstić information content (AvgIpc) is 2.98. The number of para-hydroxylation sites is 1. The number of ether oxygens (including phenoxy) is 1. The van der Waals surface area contributed by atoms with E-state index < -0.39 is 17.7 Å². The molecule has 124 valence electrons. The Morgan fingerprint density at radius 2 is 1.83 bits per heavy atom. The number of aromatic amines is 1. The lowest BCUT2D eigenvalue weighted by Crippen LogP contribution is -2.04. The molecule has 0 aliphatic rings. The predicted octanol–water partition coefficient (Wildman–Crippen LogP) is 5.03. The SMILES string of the molecule is CCOC(=O)c1cc2cccc(-c3ccc(C(F)(F)F)cc3)c2[nH]1. The molecular weight excluding hydrogens is 319 g/mol. The van der Waals surface area contributed by atoms with Crippen molar-refractivity contribution in [3.05, 3.63) is 59.8 Å². The smallest absolute Gasteiger partial charge is 0.416 e. The second-order valence-electron chi connectivity index (χ2n) is 5.25. The Hall–Kier alpha value is -2.76. The van der Waals surface area contributed by atoms with Crippen molar-refractivity contribution in [1.82, 2.24) is 4.98 Å². The number of esters is 1. The first-order valence-corrected chi connectivity index (χ1v) is 7.36. The number of H-pyrrole nitrogens is 1. The third-order valence-electron chi connectivity index (χ3n) is 3.67. The minimum atomic E-state index is -4.37. The third-order valence-corrected chi connectivity index (χ3v) is 3.67.